The molecule has 3 aliphatic heterocycles. The first kappa shape index (κ1) is 18.6. The van der Waals surface area contributed by atoms with Crippen LogP contribution in [0, 0.1) is 11.3 Å². The topological polar surface area (TPSA) is 77.7 Å². The predicted molar refractivity (Wildman–Crippen MR) is 110 cm³/mol. The van der Waals surface area contributed by atoms with E-state index in [4.69, 9.17) is 4.74 Å². The van der Waals surface area contributed by atoms with Crippen LogP contribution >= 0.6 is 0 Å². The van der Waals surface area contributed by atoms with Crippen LogP contribution in [-0.2, 0) is 9.53 Å². The molecule has 0 unspecified atom stereocenters. The number of H-pyrrole nitrogens is 1. The van der Waals surface area contributed by atoms with Crippen LogP contribution < -0.4 is 5.32 Å². The Hall–Kier alpha value is -2.38. The number of aromatic nitrogens is 1. The van der Waals surface area contributed by atoms with Crippen LogP contribution in [0.1, 0.15) is 23.2 Å². The minimum absolute atomic E-state index is 0.0170. The molecule has 7 nitrogen and oxygen atoms in total. The van der Waals surface area contributed by atoms with E-state index in [-0.39, 0.29) is 17.7 Å². The number of hydrogen-bond acceptors (Lipinski definition) is 4. The summed E-state index contributed by atoms with van der Waals surface area (Å²) in [6.07, 6.45) is 4.35. The molecule has 0 radical (unpaired) electrons. The minimum atomic E-state index is -0.621. The Morgan fingerprint density at radius 3 is 2.97 bits per heavy atom. The zero-order chi connectivity index (χ0) is 19.8. The minimum Gasteiger partial charge on any atom is -0.380 e. The summed E-state index contributed by atoms with van der Waals surface area (Å²) in [5, 5.41) is 4.15. The van der Waals surface area contributed by atoms with E-state index in [1.165, 1.54) is 12.8 Å². The SMILES string of the molecule is O=C(c1cccc2cc[nH]c12)N1C[C@H]2COC[C@@]2(C(=O)NCCN2CCCC2)C1. The monoisotopic (exact) mass is 396 g/mol. The van der Waals surface area contributed by atoms with E-state index in [0.29, 0.717) is 38.4 Å². The summed E-state index contributed by atoms with van der Waals surface area (Å²) in [7, 11) is 0. The van der Waals surface area contributed by atoms with Gasteiger partial charge in [0.05, 0.1) is 29.7 Å². The van der Waals surface area contributed by atoms with Gasteiger partial charge in [-0.05, 0) is 38.1 Å². The zero-order valence-electron chi connectivity index (χ0n) is 16.7. The van der Waals surface area contributed by atoms with Crippen molar-refractivity contribution < 1.29 is 14.3 Å². The van der Waals surface area contributed by atoms with Crippen molar-refractivity contribution in [1.29, 1.82) is 0 Å². The van der Waals surface area contributed by atoms with Gasteiger partial charge in [0, 0.05) is 43.7 Å². The molecule has 1 aromatic heterocycles. The molecule has 2 aromatic rings. The third-order valence-corrected chi connectivity index (χ3v) is 6.84. The molecule has 0 aliphatic carbocycles. The normalized spacial score (nSPS) is 26.9. The quantitative estimate of drug-likeness (QED) is 0.802. The summed E-state index contributed by atoms with van der Waals surface area (Å²) < 4.78 is 5.69. The predicted octanol–water partition coefficient (Wildman–Crippen LogP) is 1.47. The first-order chi connectivity index (χ1) is 14.2. The van der Waals surface area contributed by atoms with Crippen LogP contribution in [0.3, 0.4) is 0 Å². The highest BCUT2D eigenvalue weighted by Gasteiger charge is 2.56. The molecule has 0 spiro atoms. The van der Waals surface area contributed by atoms with E-state index in [0.717, 1.165) is 30.5 Å². The summed E-state index contributed by atoms with van der Waals surface area (Å²) in [5.74, 6) is 0.0744. The maximum atomic E-state index is 13.3. The number of nitrogens with zero attached hydrogens (tertiary/aromatic N) is 2. The van der Waals surface area contributed by atoms with Gasteiger partial charge in [-0.1, -0.05) is 12.1 Å². The molecule has 3 fully saturated rings. The maximum absolute atomic E-state index is 13.3. The third-order valence-electron chi connectivity index (χ3n) is 6.84. The molecule has 3 saturated heterocycles. The number of benzene rings is 1. The van der Waals surface area contributed by atoms with Gasteiger partial charge in [-0.3, -0.25) is 9.59 Å². The molecule has 4 heterocycles. The van der Waals surface area contributed by atoms with E-state index in [9.17, 15) is 9.59 Å². The first-order valence-electron chi connectivity index (χ1n) is 10.6. The second-order valence-corrected chi connectivity index (χ2v) is 8.61. The van der Waals surface area contributed by atoms with Gasteiger partial charge in [0.15, 0.2) is 0 Å². The maximum Gasteiger partial charge on any atom is 0.256 e. The average Bonchev–Trinajstić information content (AvgIpc) is 3.49. The number of ether oxygens (including phenoxy) is 1. The van der Waals surface area contributed by atoms with Crippen molar-refractivity contribution in [1.82, 2.24) is 20.1 Å². The third kappa shape index (κ3) is 3.22. The molecule has 1 aromatic carbocycles. The molecule has 0 saturated carbocycles. The Bertz CT molecular complexity index is 920. The van der Waals surface area contributed by atoms with Crippen LogP contribution in [-0.4, -0.2) is 79.1 Å². The number of para-hydroxylation sites is 1. The lowest BCUT2D eigenvalue weighted by molar-refractivity contribution is -0.131. The van der Waals surface area contributed by atoms with Crippen molar-refractivity contribution in [3.63, 3.8) is 0 Å². The average molecular weight is 396 g/mol. The number of hydrogen-bond donors (Lipinski definition) is 2. The molecular formula is C22H28N4O3. The van der Waals surface area contributed by atoms with Crippen LogP contribution in [0.5, 0.6) is 0 Å². The van der Waals surface area contributed by atoms with Crippen LogP contribution in [0.15, 0.2) is 30.5 Å². The molecule has 2 atom stereocenters. The summed E-state index contributed by atoms with van der Waals surface area (Å²) in [4.78, 5) is 33.8. The Morgan fingerprint density at radius 2 is 2.10 bits per heavy atom. The fraction of sp³-hybridized carbons (Fsp3) is 0.545. The number of carbonyl (C=O) groups excluding carboxylic acids is 2. The molecule has 2 N–H and O–H groups in total. The van der Waals surface area contributed by atoms with E-state index in [1.54, 1.807) is 0 Å². The first-order valence-corrected chi connectivity index (χ1v) is 10.6. The molecule has 3 aliphatic rings. The summed E-state index contributed by atoms with van der Waals surface area (Å²) in [6, 6.07) is 7.72. The number of rotatable bonds is 5. The van der Waals surface area contributed by atoms with Gasteiger partial charge >= 0.3 is 0 Å². The number of amides is 2. The Labute approximate surface area is 170 Å². The Balaban J connectivity index is 1.29. The largest absolute Gasteiger partial charge is 0.380 e. The Morgan fingerprint density at radius 1 is 1.24 bits per heavy atom. The van der Waals surface area contributed by atoms with E-state index in [2.05, 4.69) is 15.2 Å². The molecule has 5 rings (SSSR count). The molecule has 0 bridgehead atoms. The highest BCUT2D eigenvalue weighted by atomic mass is 16.5. The van der Waals surface area contributed by atoms with Crippen molar-refractivity contribution >= 4 is 22.7 Å². The van der Waals surface area contributed by atoms with Crippen LogP contribution in [0.2, 0.25) is 0 Å². The lowest BCUT2D eigenvalue weighted by Gasteiger charge is -2.26. The van der Waals surface area contributed by atoms with Gasteiger partial charge < -0.3 is 24.8 Å². The smallest absolute Gasteiger partial charge is 0.256 e. The van der Waals surface area contributed by atoms with Gasteiger partial charge in [-0.15, -0.1) is 0 Å². The van der Waals surface area contributed by atoms with Crippen molar-refractivity contribution in [3.05, 3.63) is 36.0 Å². The van der Waals surface area contributed by atoms with Gasteiger partial charge in [-0.2, -0.15) is 0 Å². The highest BCUT2D eigenvalue weighted by molar-refractivity contribution is 6.06. The molecule has 154 valence electrons. The second kappa shape index (κ2) is 7.46. The Kier molecular flexibility index (Phi) is 4.80. The molecule has 7 heteroatoms. The summed E-state index contributed by atoms with van der Waals surface area (Å²) >= 11 is 0. The van der Waals surface area contributed by atoms with Gasteiger partial charge in [0.1, 0.15) is 0 Å². The highest BCUT2D eigenvalue weighted by Crippen LogP contribution is 2.42. The zero-order valence-corrected chi connectivity index (χ0v) is 16.7. The van der Waals surface area contributed by atoms with Crippen molar-refractivity contribution in [2.75, 3.05) is 52.5 Å². The summed E-state index contributed by atoms with van der Waals surface area (Å²) in [5.41, 5.74) is 0.900. The number of carbonyl (C=O) groups is 2. The van der Waals surface area contributed by atoms with Crippen LogP contribution in [0.25, 0.3) is 10.9 Å². The number of nitrogens with one attached hydrogen (secondary N) is 2. The fourth-order valence-corrected chi connectivity index (χ4v) is 5.15. The van der Waals surface area contributed by atoms with Crippen molar-refractivity contribution in [2.45, 2.75) is 12.8 Å². The van der Waals surface area contributed by atoms with E-state index < -0.39 is 5.41 Å². The molecular weight excluding hydrogens is 368 g/mol. The summed E-state index contributed by atoms with van der Waals surface area (Å²) in [6.45, 7) is 5.71. The van der Waals surface area contributed by atoms with Gasteiger partial charge in [-0.25, -0.2) is 0 Å². The van der Waals surface area contributed by atoms with Crippen molar-refractivity contribution in [3.8, 4) is 0 Å². The van der Waals surface area contributed by atoms with Crippen molar-refractivity contribution in [2.24, 2.45) is 11.3 Å². The molecule has 2 amide bonds. The van der Waals surface area contributed by atoms with Gasteiger partial charge in [0.25, 0.3) is 5.91 Å². The van der Waals surface area contributed by atoms with Crippen LogP contribution in [0.4, 0.5) is 0 Å². The molecule has 29 heavy (non-hydrogen) atoms. The standard InChI is InChI=1S/C22H28N4O3/c27-20(18-5-3-4-16-6-7-23-19(16)18)26-12-17-13-29-15-22(17,14-26)21(28)24-8-11-25-9-1-2-10-25/h3-7,17,23H,1-2,8-15H2,(H,24,28)/t17-,22-/m0/s1. The second-order valence-electron chi connectivity index (χ2n) is 8.61. The van der Waals surface area contributed by atoms with Gasteiger partial charge in [0.2, 0.25) is 5.91 Å². The number of likely N-dealkylation sites (tertiary alicyclic amines) is 2. The number of aromatic amines is 1. The van der Waals surface area contributed by atoms with E-state index >= 15 is 0 Å². The number of fused-ring (bicyclic) bond motifs is 2. The lowest BCUT2D eigenvalue weighted by atomic mass is 9.80. The lowest BCUT2D eigenvalue weighted by Crippen LogP contribution is -2.48. The van der Waals surface area contributed by atoms with E-state index in [1.807, 2.05) is 35.4 Å². The fourth-order valence-electron chi connectivity index (χ4n) is 5.15.